The van der Waals surface area contributed by atoms with Gasteiger partial charge in [-0.1, -0.05) is 6.92 Å². The zero-order valence-electron chi connectivity index (χ0n) is 11.5. The first-order valence-corrected chi connectivity index (χ1v) is 7.26. The van der Waals surface area contributed by atoms with E-state index in [-0.39, 0.29) is 0 Å². The molecule has 5 nitrogen and oxygen atoms in total. The first kappa shape index (κ1) is 13.7. The highest BCUT2D eigenvalue weighted by Gasteiger charge is 2.08. The Morgan fingerprint density at radius 2 is 2.05 bits per heavy atom. The summed E-state index contributed by atoms with van der Waals surface area (Å²) in [4.78, 5) is 13.2. The number of nitrogen functional groups attached to an aromatic ring is 1. The van der Waals surface area contributed by atoms with Crippen LogP contribution in [0.1, 0.15) is 35.4 Å². The van der Waals surface area contributed by atoms with Gasteiger partial charge in [-0.05, 0) is 20.3 Å². The van der Waals surface area contributed by atoms with Crippen LogP contribution in [-0.2, 0) is 13.0 Å². The van der Waals surface area contributed by atoms with Gasteiger partial charge >= 0.3 is 0 Å². The summed E-state index contributed by atoms with van der Waals surface area (Å²) >= 11 is 1.65. The van der Waals surface area contributed by atoms with E-state index in [1.54, 1.807) is 11.3 Å². The lowest BCUT2D eigenvalue weighted by molar-refractivity contribution is 0.832. The Morgan fingerprint density at radius 3 is 2.68 bits per heavy atom. The molecule has 102 valence electrons. The maximum Gasteiger partial charge on any atom is 0.135 e. The third-order valence-electron chi connectivity index (χ3n) is 2.81. The van der Waals surface area contributed by atoms with E-state index in [9.17, 15) is 0 Å². The average Bonchev–Trinajstić information content (AvgIpc) is 2.78. The Kier molecular flexibility index (Phi) is 4.31. The van der Waals surface area contributed by atoms with Gasteiger partial charge in [-0.15, -0.1) is 11.3 Å². The molecular formula is C13H19N5S. The van der Waals surface area contributed by atoms with Crippen molar-refractivity contribution in [2.45, 2.75) is 40.2 Å². The van der Waals surface area contributed by atoms with Crippen LogP contribution in [0.2, 0.25) is 0 Å². The number of thiazole rings is 1. The van der Waals surface area contributed by atoms with Gasteiger partial charge in [-0.2, -0.15) is 0 Å². The maximum atomic E-state index is 5.92. The van der Waals surface area contributed by atoms with Crippen molar-refractivity contribution in [3.63, 3.8) is 0 Å². The molecule has 6 heteroatoms. The van der Waals surface area contributed by atoms with Gasteiger partial charge in [0.05, 0.1) is 17.2 Å². The quantitative estimate of drug-likeness (QED) is 0.878. The van der Waals surface area contributed by atoms with Crippen molar-refractivity contribution >= 4 is 23.0 Å². The monoisotopic (exact) mass is 277 g/mol. The largest absolute Gasteiger partial charge is 0.383 e. The number of rotatable bonds is 5. The van der Waals surface area contributed by atoms with Crippen molar-refractivity contribution in [3.05, 3.63) is 27.5 Å². The van der Waals surface area contributed by atoms with Crippen molar-refractivity contribution in [2.24, 2.45) is 0 Å². The van der Waals surface area contributed by atoms with Crippen molar-refractivity contribution in [2.75, 3.05) is 11.1 Å². The number of aromatic nitrogens is 3. The van der Waals surface area contributed by atoms with Crippen LogP contribution < -0.4 is 11.1 Å². The van der Waals surface area contributed by atoms with Crippen molar-refractivity contribution in [1.29, 1.82) is 0 Å². The van der Waals surface area contributed by atoms with Gasteiger partial charge in [-0.25, -0.2) is 15.0 Å². The third-order valence-corrected chi connectivity index (χ3v) is 3.63. The average molecular weight is 277 g/mol. The highest BCUT2D eigenvalue weighted by Crippen LogP contribution is 2.19. The second-order valence-electron chi connectivity index (χ2n) is 4.46. The molecule has 0 radical (unpaired) electrons. The summed E-state index contributed by atoms with van der Waals surface area (Å²) in [7, 11) is 0. The van der Waals surface area contributed by atoms with Crippen LogP contribution in [0.4, 0.5) is 11.6 Å². The number of aryl methyl sites for hydroxylation is 2. The van der Waals surface area contributed by atoms with Gasteiger partial charge < -0.3 is 11.1 Å². The molecule has 0 spiro atoms. The standard InChI is InChI=1S/C13H19N5S/c1-4-5-11-17-12(14)8(2)13(18-11)15-6-10-7-19-9(3)16-10/h7H,4-6H2,1-3H3,(H3,14,15,17,18). The molecule has 0 aliphatic heterocycles. The van der Waals surface area contributed by atoms with E-state index in [2.05, 4.69) is 32.6 Å². The number of hydrogen-bond donors (Lipinski definition) is 2. The topological polar surface area (TPSA) is 76.7 Å². The second kappa shape index (κ2) is 5.97. The zero-order valence-corrected chi connectivity index (χ0v) is 12.3. The van der Waals surface area contributed by atoms with Crippen LogP contribution in [-0.4, -0.2) is 15.0 Å². The molecule has 3 N–H and O–H groups in total. The van der Waals surface area contributed by atoms with Gasteiger partial charge in [0.1, 0.15) is 17.5 Å². The predicted octanol–water partition coefficient (Wildman–Crippen LogP) is 2.70. The smallest absolute Gasteiger partial charge is 0.135 e. The number of nitrogens with one attached hydrogen (secondary N) is 1. The van der Waals surface area contributed by atoms with Crippen LogP contribution in [0.15, 0.2) is 5.38 Å². The van der Waals surface area contributed by atoms with Gasteiger partial charge in [0, 0.05) is 17.4 Å². The molecule has 2 aromatic heterocycles. The highest BCUT2D eigenvalue weighted by atomic mass is 32.1. The van der Waals surface area contributed by atoms with Crippen LogP contribution in [0.25, 0.3) is 0 Å². The Bertz CT molecular complexity index is 564. The second-order valence-corrected chi connectivity index (χ2v) is 5.52. The molecule has 19 heavy (non-hydrogen) atoms. The normalized spacial score (nSPS) is 10.7. The van der Waals surface area contributed by atoms with Gasteiger partial charge in [0.2, 0.25) is 0 Å². The molecule has 0 saturated heterocycles. The number of hydrogen-bond acceptors (Lipinski definition) is 6. The van der Waals surface area contributed by atoms with E-state index in [1.807, 2.05) is 13.8 Å². The first-order chi connectivity index (χ1) is 9.10. The van der Waals surface area contributed by atoms with E-state index in [4.69, 9.17) is 5.73 Å². The zero-order chi connectivity index (χ0) is 13.8. The lowest BCUT2D eigenvalue weighted by atomic mass is 10.2. The Balaban J connectivity index is 2.14. The molecule has 2 aromatic rings. The molecule has 0 aliphatic carbocycles. The molecule has 2 heterocycles. The summed E-state index contributed by atoms with van der Waals surface area (Å²) in [5, 5.41) is 6.42. The minimum atomic E-state index is 0.551. The van der Waals surface area contributed by atoms with Crippen molar-refractivity contribution < 1.29 is 0 Å². The van der Waals surface area contributed by atoms with E-state index in [0.717, 1.165) is 40.7 Å². The highest BCUT2D eigenvalue weighted by molar-refractivity contribution is 7.09. The van der Waals surface area contributed by atoms with Crippen LogP contribution in [0.3, 0.4) is 0 Å². The molecule has 0 atom stereocenters. The molecule has 0 unspecified atom stereocenters. The summed E-state index contributed by atoms with van der Waals surface area (Å²) in [5.41, 5.74) is 7.84. The minimum absolute atomic E-state index is 0.551. The predicted molar refractivity (Wildman–Crippen MR) is 79.4 cm³/mol. The fourth-order valence-corrected chi connectivity index (χ4v) is 2.37. The van der Waals surface area contributed by atoms with E-state index in [1.165, 1.54) is 0 Å². The SMILES string of the molecule is CCCc1nc(N)c(C)c(NCc2csc(C)n2)n1. The Morgan fingerprint density at radius 1 is 1.26 bits per heavy atom. The maximum absolute atomic E-state index is 5.92. The Hall–Kier alpha value is -1.69. The Labute approximate surface area is 117 Å². The molecular weight excluding hydrogens is 258 g/mol. The molecule has 0 bridgehead atoms. The number of nitrogens with zero attached hydrogens (tertiary/aromatic N) is 3. The summed E-state index contributed by atoms with van der Waals surface area (Å²) in [6.07, 6.45) is 1.85. The van der Waals surface area contributed by atoms with E-state index >= 15 is 0 Å². The summed E-state index contributed by atoms with van der Waals surface area (Å²) in [5.74, 6) is 2.15. The van der Waals surface area contributed by atoms with Gasteiger partial charge in [-0.3, -0.25) is 0 Å². The lowest BCUT2D eigenvalue weighted by Crippen LogP contribution is -2.09. The molecule has 0 aromatic carbocycles. The van der Waals surface area contributed by atoms with Crippen molar-refractivity contribution in [3.8, 4) is 0 Å². The summed E-state index contributed by atoms with van der Waals surface area (Å²) in [6.45, 7) is 6.69. The molecule has 0 aliphatic rings. The summed E-state index contributed by atoms with van der Waals surface area (Å²) < 4.78 is 0. The summed E-state index contributed by atoms with van der Waals surface area (Å²) in [6, 6.07) is 0. The van der Waals surface area contributed by atoms with Crippen LogP contribution in [0.5, 0.6) is 0 Å². The molecule has 0 amide bonds. The number of anilines is 2. The van der Waals surface area contributed by atoms with E-state index in [0.29, 0.717) is 12.4 Å². The molecule has 0 saturated carbocycles. The lowest BCUT2D eigenvalue weighted by Gasteiger charge is -2.11. The van der Waals surface area contributed by atoms with Gasteiger partial charge in [0.25, 0.3) is 0 Å². The fraction of sp³-hybridized carbons (Fsp3) is 0.462. The first-order valence-electron chi connectivity index (χ1n) is 6.38. The third kappa shape index (κ3) is 3.41. The van der Waals surface area contributed by atoms with Crippen molar-refractivity contribution in [1.82, 2.24) is 15.0 Å². The van der Waals surface area contributed by atoms with Gasteiger partial charge in [0.15, 0.2) is 0 Å². The molecule has 2 rings (SSSR count). The molecule has 0 fully saturated rings. The van der Waals surface area contributed by atoms with Crippen LogP contribution >= 0.6 is 11.3 Å². The van der Waals surface area contributed by atoms with E-state index < -0.39 is 0 Å². The fourth-order valence-electron chi connectivity index (χ4n) is 1.75. The number of nitrogens with two attached hydrogens (primary N) is 1. The minimum Gasteiger partial charge on any atom is -0.383 e. The van der Waals surface area contributed by atoms with Crippen LogP contribution in [0, 0.1) is 13.8 Å².